The van der Waals surface area contributed by atoms with Crippen LogP contribution in [0.15, 0.2) is 36.4 Å². The van der Waals surface area contributed by atoms with Gasteiger partial charge in [0.25, 0.3) is 5.91 Å². The number of benzene rings is 2. The van der Waals surface area contributed by atoms with Crippen LogP contribution in [0.5, 0.6) is 11.5 Å². The van der Waals surface area contributed by atoms with E-state index < -0.39 is 0 Å². The first-order valence-electron chi connectivity index (χ1n) is 8.90. The summed E-state index contributed by atoms with van der Waals surface area (Å²) >= 11 is 6.16. The van der Waals surface area contributed by atoms with Gasteiger partial charge in [-0.15, -0.1) is 0 Å². The zero-order valence-electron chi connectivity index (χ0n) is 15.1. The topological polar surface area (TPSA) is 52.0 Å². The summed E-state index contributed by atoms with van der Waals surface area (Å²) in [6.45, 7) is 8.08. The maximum atomic E-state index is 12.5. The summed E-state index contributed by atoms with van der Waals surface area (Å²) in [6, 6.07) is 11.5. The lowest BCUT2D eigenvalue weighted by molar-refractivity contribution is -0.910. The SMILES string of the molecule is CC[NH+](CC)Cc1ccccc1CNC(=O)c1cc(Cl)c2c(c1)OCO2. The van der Waals surface area contributed by atoms with Crippen molar-refractivity contribution in [1.29, 1.82) is 0 Å². The van der Waals surface area contributed by atoms with Crippen LogP contribution in [0.3, 0.4) is 0 Å². The zero-order chi connectivity index (χ0) is 18.5. The first kappa shape index (κ1) is 18.5. The molecule has 0 aromatic heterocycles. The van der Waals surface area contributed by atoms with Crippen LogP contribution in [-0.4, -0.2) is 25.8 Å². The van der Waals surface area contributed by atoms with Gasteiger partial charge in [0.05, 0.1) is 18.1 Å². The number of halogens is 1. The number of hydrogen-bond acceptors (Lipinski definition) is 3. The summed E-state index contributed by atoms with van der Waals surface area (Å²) in [7, 11) is 0. The molecule has 5 nitrogen and oxygen atoms in total. The van der Waals surface area contributed by atoms with Gasteiger partial charge in [0.1, 0.15) is 6.54 Å². The zero-order valence-corrected chi connectivity index (χ0v) is 15.9. The van der Waals surface area contributed by atoms with E-state index in [-0.39, 0.29) is 12.7 Å². The van der Waals surface area contributed by atoms with Crippen LogP contribution in [0, 0.1) is 0 Å². The Kier molecular flexibility index (Phi) is 6.01. The van der Waals surface area contributed by atoms with E-state index >= 15 is 0 Å². The van der Waals surface area contributed by atoms with Crippen LogP contribution < -0.4 is 19.7 Å². The number of rotatable bonds is 7. The number of carbonyl (C=O) groups excluding carboxylic acids is 1. The molecule has 1 aliphatic heterocycles. The summed E-state index contributed by atoms with van der Waals surface area (Å²) in [4.78, 5) is 14.1. The van der Waals surface area contributed by atoms with Crippen molar-refractivity contribution in [3.05, 3.63) is 58.1 Å². The Labute approximate surface area is 158 Å². The Morgan fingerprint density at radius 2 is 1.88 bits per heavy atom. The molecule has 0 radical (unpaired) electrons. The summed E-state index contributed by atoms with van der Waals surface area (Å²) in [5.41, 5.74) is 2.86. The van der Waals surface area contributed by atoms with Gasteiger partial charge in [-0.25, -0.2) is 0 Å². The van der Waals surface area contributed by atoms with E-state index in [0.29, 0.717) is 28.6 Å². The molecule has 0 spiro atoms. The van der Waals surface area contributed by atoms with Gasteiger partial charge in [-0.05, 0) is 31.5 Å². The first-order chi connectivity index (χ1) is 12.6. The molecule has 0 saturated heterocycles. The molecule has 2 aromatic rings. The molecular formula is C20H24ClN2O3+. The number of fused-ring (bicyclic) bond motifs is 1. The lowest BCUT2D eigenvalue weighted by Crippen LogP contribution is -3.10. The molecule has 0 atom stereocenters. The molecule has 3 rings (SSSR count). The molecule has 2 aromatic carbocycles. The molecule has 1 heterocycles. The average molecular weight is 376 g/mol. The van der Waals surface area contributed by atoms with E-state index in [1.165, 1.54) is 10.5 Å². The quantitative estimate of drug-likeness (QED) is 0.781. The summed E-state index contributed by atoms with van der Waals surface area (Å²) in [5, 5.41) is 3.37. The molecule has 0 bridgehead atoms. The fourth-order valence-corrected chi connectivity index (χ4v) is 3.31. The van der Waals surface area contributed by atoms with Crippen molar-refractivity contribution in [2.75, 3.05) is 19.9 Å². The maximum absolute atomic E-state index is 12.5. The normalized spacial score (nSPS) is 12.5. The highest BCUT2D eigenvalue weighted by Crippen LogP contribution is 2.39. The van der Waals surface area contributed by atoms with Crippen LogP contribution in [-0.2, 0) is 13.1 Å². The first-order valence-corrected chi connectivity index (χ1v) is 9.27. The van der Waals surface area contributed by atoms with Crippen molar-refractivity contribution >= 4 is 17.5 Å². The fraction of sp³-hybridized carbons (Fsp3) is 0.350. The minimum Gasteiger partial charge on any atom is -0.454 e. The second kappa shape index (κ2) is 8.43. The van der Waals surface area contributed by atoms with E-state index in [4.69, 9.17) is 21.1 Å². The van der Waals surface area contributed by atoms with Crippen molar-refractivity contribution in [1.82, 2.24) is 5.32 Å². The lowest BCUT2D eigenvalue weighted by Gasteiger charge is -2.18. The Hall–Kier alpha value is -2.24. The Balaban J connectivity index is 1.70. The second-order valence-electron chi connectivity index (χ2n) is 6.28. The van der Waals surface area contributed by atoms with Gasteiger partial charge in [0.2, 0.25) is 6.79 Å². The van der Waals surface area contributed by atoms with Gasteiger partial charge in [-0.1, -0.05) is 35.9 Å². The number of quaternary nitrogens is 1. The van der Waals surface area contributed by atoms with Crippen molar-refractivity contribution < 1.29 is 19.2 Å². The van der Waals surface area contributed by atoms with Crippen LogP contribution in [0.1, 0.15) is 35.3 Å². The molecular weight excluding hydrogens is 352 g/mol. The van der Waals surface area contributed by atoms with Gasteiger partial charge in [-0.3, -0.25) is 4.79 Å². The van der Waals surface area contributed by atoms with Crippen LogP contribution >= 0.6 is 11.6 Å². The smallest absolute Gasteiger partial charge is 0.251 e. The van der Waals surface area contributed by atoms with E-state index in [9.17, 15) is 4.79 Å². The van der Waals surface area contributed by atoms with Crippen molar-refractivity contribution in [3.63, 3.8) is 0 Å². The summed E-state index contributed by atoms with van der Waals surface area (Å²) in [5.74, 6) is 0.819. The molecule has 2 N–H and O–H groups in total. The number of carbonyl (C=O) groups is 1. The van der Waals surface area contributed by atoms with Gasteiger partial charge >= 0.3 is 0 Å². The predicted octanol–water partition coefficient (Wildman–Crippen LogP) is 2.42. The van der Waals surface area contributed by atoms with Crippen LogP contribution in [0.25, 0.3) is 0 Å². The molecule has 0 fully saturated rings. The molecule has 6 heteroatoms. The highest BCUT2D eigenvalue weighted by molar-refractivity contribution is 6.32. The minimum absolute atomic E-state index is 0.126. The van der Waals surface area contributed by atoms with E-state index in [2.05, 4.69) is 31.3 Å². The highest BCUT2D eigenvalue weighted by atomic mass is 35.5. The standard InChI is InChI=1S/C20H23ClN2O3/c1-3-23(4-2)12-15-8-6-5-7-14(15)11-22-20(24)16-9-17(21)19-18(10-16)25-13-26-19/h5-10H,3-4,11-13H2,1-2H3,(H,22,24)/p+1. The Morgan fingerprint density at radius 3 is 2.62 bits per heavy atom. The largest absolute Gasteiger partial charge is 0.454 e. The fourth-order valence-electron chi connectivity index (χ4n) is 3.05. The van der Waals surface area contributed by atoms with Crippen molar-refractivity contribution in [2.45, 2.75) is 26.9 Å². The average Bonchev–Trinajstić information content (AvgIpc) is 3.14. The van der Waals surface area contributed by atoms with Gasteiger partial charge in [0, 0.05) is 17.7 Å². The molecule has 0 unspecified atom stereocenters. The molecule has 1 amide bonds. The molecule has 138 valence electrons. The number of hydrogen-bond donors (Lipinski definition) is 2. The summed E-state index contributed by atoms with van der Waals surface area (Å²) < 4.78 is 10.6. The number of nitrogens with one attached hydrogen (secondary N) is 2. The van der Waals surface area contributed by atoms with Crippen molar-refractivity contribution in [3.8, 4) is 11.5 Å². The lowest BCUT2D eigenvalue weighted by atomic mass is 10.1. The predicted molar refractivity (Wildman–Crippen MR) is 101 cm³/mol. The highest BCUT2D eigenvalue weighted by Gasteiger charge is 2.20. The van der Waals surface area contributed by atoms with Crippen LogP contribution in [0.2, 0.25) is 5.02 Å². The minimum atomic E-state index is -0.185. The van der Waals surface area contributed by atoms with E-state index in [1.807, 2.05) is 12.1 Å². The molecule has 0 aliphatic carbocycles. The van der Waals surface area contributed by atoms with Crippen LogP contribution in [0.4, 0.5) is 0 Å². The Bertz CT molecular complexity index is 791. The number of amides is 1. The number of ether oxygens (including phenoxy) is 2. The monoisotopic (exact) mass is 375 g/mol. The second-order valence-corrected chi connectivity index (χ2v) is 6.68. The van der Waals surface area contributed by atoms with Gasteiger partial charge in [0.15, 0.2) is 11.5 Å². The van der Waals surface area contributed by atoms with Gasteiger partial charge < -0.3 is 19.7 Å². The third-order valence-corrected chi connectivity index (χ3v) is 4.97. The van der Waals surface area contributed by atoms with Crippen molar-refractivity contribution in [2.24, 2.45) is 0 Å². The Morgan fingerprint density at radius 1 is 1.15 bits per heavy atom. The van der Waals surface area contributed by atoms with Gasteiger partial charge in [-0.2, -0.15) is 0 Å². The molecule has 0 saturated carbocycles. The third kappa shape index (κ3) is 4.11. The van der Waals surface area contributed by atoms with E-state index in [0.717, 1.165) is 25.2 Å². The molecule has 26 heavy (non-hydrogen) atoms. The molecule has 1 aliphatic rings. The maximum Gasteiger partial charge on any atom is 0.251 e. The third-order valence-electron chi connectivity index (χ3n) is 4.69. The van der Waals surface area contributed by atoms with E-state index in [1.54, 1.807) is 12.1 Å². The summed E-state index contributed by atoms with van der Waals surface area (Å²) in [6.07, 6.45) is 0.